The van der Waals surface area contributed by atoms with E-state index in [-0.39, 0.29) is 5.57 Å². The summed E-state index contributed by atoms with van der Waals surface area (Å²) in [6.45, 7) is 17.7. The number of hydrogen-bond donors (Lipinski definition) is 0. The zero-order valence-corrected chi connectivity index (χ0v) is 23.6. The molecule has 0 aliphatic heterocycles. The normalized spacial score (nSPS) is 10.6. The summed E-state index contributed by atoms with van der Waals surface area (Å²) in [5, 5.41) is 0. The first-order valence-corrected chi connectivity index (χ1v) is 12.2. The topological polar surface area (TPSA) is 167 Å². The first-order valence-electron chi connectivity index (χ1n) is 12.2. The van der Waals surface area contributed by atoms with Gasteiger partial charge in [0, 0.05) is 36.0 Å². The lowest BCUT2D eigenvalue weighted by Gasteiger charge is -2.35. The molecule has 13 heteroatoms. The summed E-state index contributed by atoms with van der Waals surface area (Å²) in [5.41, 5.74) is -2.93. The molecule has 0 aliphatic rings. The summed E-state index contributed by atoms with van der Waals surface area (Å²) in [7, 11) is 0. The van der Waals surface area contributed by atoms with Crippen LogP contribution in [-0.4, -0.2) is 88.7 Å². The van der Waals surface area contributed by atoms with Crippen molar-refractivity contribution in [2.75, 3.05) is 52.9 Å². The van der Waals surface area contributed by atoms with E-state index in [1.807, 2.05) is 0 Å². The van der Waals surface area contributed by atoms with Crippen molar-refractivity contribution < 1.29 is 61.9 Å². The van der Waals surface area contributed by atoms with Gasteiger partial charge < -0.3 is 33.2 Å². The molecule has 230 valence electrons. The highest BCUT2D eigenvalue weighted by atomic mass is 16.6. The minimum atomic E-state index is -1.50. The molecule has 0 radical (unpaired) electrons. The van der Waals surface area contributed by atoms with E-state index in [4.69, 9.17) is 33.2 Å². The van der Waals surface area contributed by atoms with Gasteiger partial charge >= 0.3 is 35.8 Å². The third kappa shape index (κ3) is 14.6. The van der Waals surface area contributed by atoms with Gasteiger partial charge in [-0.1, -0.05) is 39.5 Å². The number of carbonyl (C=O) groups is 6. The Morgan fingerprint density at radius 2 is 0.714 bits per heavy atom. The van der Waals surface area contributed by atoms with Crippen molar-refractivity contribution in [3.05, 3.63) is 75.4 Å². The highest BCUT2D eigenvalue weighted by Crippen LogP contribution is 2.26. The number of hydrogen-bond acceptors (Lipinski definition) is 13. The molecular weight excluding hydrogens is 556 g/mol. The average Bonchev–Trinajstić information content (AvgIpc) is 3.00. The smallest absolute Gasteiger partial charge is 0.333 e. The second-order valence-corrected chi connectivity index (χ2v) is 8.91. The molecule has 0 heterocycles. The Bertz CT molecular complexity index is 986. The van der Waals surface area contributed by atoms with Gasteiger partial charge in [0.15, 0.2) is 0 Å². The molecule has 0 amide bonds. The fourth-order valence-corrected chi connectivity index (χ4v) is 2.74. The van der Waals surface area contributed by atoms with Gasteiger partial charge in [-0.15, -0.1) is 0 Å². The Morgan fingerprint density at radius 1 is 0.476 bits per heavy atom. The van der Waals surface area contributed by atoms with Gasteiger partial charge in [0.25, 0.3) is 0 Å². The van der Waals surface area contributed by atoms with Crippen molar-refractivity contribution in [1.82, 2.24) is 0 Å². The van der Waals surface area contributed by atoms with Crippen LogP contribution >= 0.6 is 0 Å². The molecule has 0 unspecified atom stereocenters. The zero-order valence-electron chi connectivity index (χ0n) is 23.6. The van der Waals surface area contributed by atoms with Crippen LogP contribution in [0.25, 0.3) is 0 Å². The van der Waals surface area contributed by atoms with E-state index in [0.717, 1.165) is 30.4 Å². The van der Waals surface area contributed by atoms with Crippen molar-refractivity contribution >= 4 is 35.8 Å². The van der Waals surface area contributed by atoms with Gasteiger partial charge in [0.1, 0.15) is 39.6 Å². The number of esters is 6. The molecule has 0 aromatic heterocycles. The number of carbonyl (C=O) groups excluding carboxylic acids is 6. The third-order valence-electron chi connectivity index (χ3n) is 5.11. The molecule has 0 aliphatic carbocycles. The van der Waals surface area contributed by atoms with Gasteiger partial charge in [-0.25, -0.2) is 28.8 Å². The van der Waals surface area contributed by atoms with Gasteiger partial charge in [0.05, 0.1) is 24.0 Å². The second-order valence-electron chi connectivity index (χ2n) is 8.91. The van der Waals surface area contributed by atoms with Gasteiger partial charge in [-0.05, 0) is 6.92 Å². The molecule has 0 saturated carbocycles. The molecule has 0 saturated heterocycles. The maximum atomic E-state index is 12.2. The second kappa shape index (κ2) is 19.3. The SMILES string of the molecule is C=CC(=O)OCC(COCC(COC(=O)C=C)(COC(=O)C=C)COC(=O)C(=C)C)(COC(=O)C=C)COC(=O)C=C. The molecule has 0 fully saturated rings. The van der Waals surface area contributed by atoms with Crippen molar-refractivity contribution in [3.8, 4) is 0 Å². The summed E-state index contributed by atoms with van der Waals surface area (Å²) < 4.78 is 37.0. The van der Waals surface area contributed by atoms with E-state index in [1.54, 1.807) is 0 Å². The Hall–Kier alpha value is -4.78. The number of rotatable bonds is 22. The van der Waals surface area contributed by atoms with Crippen molar-refractivity contribution in [3.63, 3.8) is 0 Å². The number of ether oxygens (including phenoxy) is 7. The molecule has 0 N–H and O–H groups in total. The highest BCUT2D eigenvalue weighted by molar-refractivity contribution is 5.87. The lowest BCUT2D eigenvalue weighted by Crippen LogP contribution is -2.47. The van der Waals surface area contributed by atoms with Crippen LogP contribution in [0.3, 0.4) is 0 Å². The Kier molecular flexibility index (Phi) is 17.1. The average molecular weight is 593 g/mol. The molecule has 0 bridgehead atoms. The predicted molar refractivity (Wildman–Crippen MR) is 147 cm³/mol. The lowest BCUT2D eigenvalue weighted by atomic mass is 9.90. The third-order valence-corrected chi connectivity index (χ3v) is 5.11. The molecule has 0 rings (SSSR count). The lowest BCUT2D eigenvalue weighted by molar-refractivity contribution is -0.169. The molecular formula is C29H36O13. The minimum absolute atomic E-state index is 0.0621. The predicted octanol–water partition coefficient (Wildman–Crippen LogP) is 1.74. The maximum Gasteiger partial charge on any atom is 0.333 e. The fourth-order valence-electron chi connectivity index (χ4n) is 2.74. The minimum Gasteiger partial charge on any atom is -0.462 e. The van der Waals surface area contributed by atoms with Gasteiger partial charge in [-0.2, -0.15) is 0 Å². The van der Waals surface area contributed by atoms with Crippen molar-refractivity contribution in [1.29, 1.82) is 0 Å². The van der Waals surface area contributed by atoms with E-state index in [2.05, 4.69) is 39.5 Å². The molecule has 42 heavy (non-hydrogen) atoms. The summed E-state index contributed by atoms with van der Waals surface area (Å²) in [6, 6.07) is 0. The molecule has 0 spiro atoms. The van der Waals surface area contributed by atoms with E-state index >= 15 is 0 Å². The van der Waals surface area contributed by atoms with Crippen LogP contribution in [0.5, 0.6) is 0 Å². The largest absolute Gasteiger partial charge is 0.462 e. The standard InChI is InChI=1S/C29H36O13/c1-8-22(30)37-15-28(16-38-23(31)9-2,17-39-24(32)10-3)13-36-14-29(18-40-25(33)11-4,19-41-26(34)12-5)20-42-27(35)21(6)7/h8-12H,1-6,13-20H2,7H3. The summed E-state index contributed by atoms with van der Waals surface area (Å²) in [4.78, 5) is 71.4. The molecule has 0 atom stereocenters. The van der Waals surface area contributed by atoms with Crippen molar-refractivity contribution in [2.45, 2.75) is 6.92 Å². The van der Waals surface area contributed by atoms with Crippen LogP contribution < -0.4 is 0 Å². The molecule has 0 aromatic rings. The molecule has 0 aromatic carbocycles. The van der Waals surface area contributed by atoms with Gasteiger partial charge in [-0.3, -0.25) is 0 Å². The first kappa shape index (κ1) is 37.2. The van der Waals surface area contributed by atoms with E-state index in [0.29, 0.717) is 0 Å². The van der Waals surface area contributed by atoms with Crippen molar-refractivity contribution in [2.24, 2.45) is 10.8 Å². The monoisotopic (exact) mass is 592 g/mol. The Labute approximate surface area is 244 Å². The van der Waals surface area contributed by atoms with Crippen LogP contribution in [-0.2, 0) is 61.9 Å². The quantitative estimate of drug-likeness (QED) is 0.101. The summed E-state index contributed by atoms with van der Waals surface area (Å²) in [6.07, 6.45) is 4.45. The highest BCUT2D eigenvalue weighted by Gasteiger charge is 2.40. The first-order chi connectivity index (χ1) is 19.8. The van der Waals surface area contributed by atoms with Crippen LogP contribution in [0.1, 0.15) is 6.92 Å². The van der Waals surface area contributed by atoms with Gasteiger partial charge in [0.2, 0.25) is 0 Å². The van der Waals surface area contributed by atoms with Crippen LogP contribution in [0, 0.1) is 10.8 Å². The zero-order chi connectivity index (χ0) is 32.2. The Morgan fingerprint density at radius 3 is 0.929 bits per heavy atom. The molecule has 13 nitrogen and oxygen atoms in total. The maximum absolute atomic E-state index is 12.2. The van der Waals surface area contributed by atoms with Crippen LogP contribution in [0.15, 0.2) is 75.4 Å². The summed E-state index contributed by atoms with van der Waals surface area (Å²) >= 11 is 0. The van der Waals surface area contributed by atoms with E-state index in [1.165, 1.54) is 6.92 Å². The van der Waals surface area contributed by atoms with Crippen LogP contribution in [0.2, 0.25) is 0 Å². The Balaban J connectivity index is 6.37. The van der Waals surface area contributed by atoms with E-state index < -0.39 is 99.5 Å². The summed E-state index contributed by atoms with van der Waals surface area (Å²) in [5.74, 6) is -4.96. The van der Waals surface area contributed by atoms with E-state index in [9.17, 15) is 28.8 Å². The van der Waals surface area contributed by atoms with Crippen LogP contribution in [0.4, 0.5) is 0 Å². The fraction of sp³-hybridized carbons (Fsp3) is 0.379.